The molecule has 2 aromatic heterocycles. The lowest BCUT2D eigenvalue weighted by Crippen LogP contribution is -1.94. The van der Waals surface area contributed by atoms with Gasteiger partial charge in [-0.3, -0.25) is 4.79 Å². The number of para-hydroxylation sites is 1. The number of ketones is 1. The van der Waals surface area contributed by atoms with Crippen molar-refractivity contribution in [3.8, 4) is 11.5 Å². The second-order valence-corrected chi connectivity index (χ2v) is 4.33. The monoisotopic (exact) mass is 268 g/mol. The van der Waals surface area contributed by atoms with E-state index in [2.05, 4.69) is 4.98 Å². The van der Waals surface area contributed by atoms with Crippen molar-refractivity contribution in [2.24, 2.45) is 0 Å². The van der Waals surface area contributed by atoms with Gasteiger partial charge in [-0.25, -0.2) is 4.98 Å². The molecule has 0 atom stereocenters. The Hall–Kier alpha value is -2.82. The summed E-state index contributed by atoms with van der Waals surface area (Å²) in [6, 6.07) is 10.6. The van der Waals surface area contributed by atoms with Crippen LogP contribution in [0.1, 0.15) is 17.5 Å². The number of benzene rings is 1. The van der Waals surface area contributed by atoms with Crippen LogP contribution in [0.5, 0.6) is 11.5 Å². The molecule has 0 radical (unpaired) electrons. The van der Waals surface area contributed by atoms with Crippen molar-refractivity contribution in [3.05, 3.63) is 48.4 Å². The minimum absolute atomic E-state index is 0.131. The predicted octanol–water partition coefficient (Wildman–Crippen LogP) is 3.40. The molecule has 0 bridgehead atoms. The molecule has 0 saturated heterocycles. The zero-order valence-corrected chi connectivity index (χ0v) is 10.8. The Morgan fingerprint density at radius 1 is 1.25 bits per heavy atom. The number of carbonyl (C=O) groups is 1. The lowest BCUT2D eigenvalue weighted by atomic mass is 10.2. The number of anilines is 1. The molecule has 0 saturated carbocycles. The van der Waals surface area contributed by atoms with Gasteiger partial charge in [-0.1, -0.05) is 12.1 Å². The number of fused-ring (bicyclic) bond motifs is 1. The van der Waals surface area contributed by atoms with Crippen molar-refractivity contribution in [2.45, 2.75) is 6.92 Å². The van der Waals surface area contributed by atoms with Gasteiger partial charge in [0.1, 0.15) is 0 Å². The summed E-state index contributed by atoms with van der Waals surface area (Å²) in [6.45, 7) is 1.46. The van der Waals surface area contributed by atoms with Crippen molar-refractivity contribution in [1.82, 2.24) is 4.98 Å². The molecule has 0 fully saturated rings. The highest BCUT2D eigenvalue weighted by Crippen LogP contribution is 2.33. The summed E-state index contributed by atoms with van der Waals surface area (Å²) in [5.41, 5.74) is 6.26. The van der Waals surface area contributed by atoms with Crippen molar-refractivity contribution in [3.63, 3.8) is 0 Å². The van der Waals surface area contributed by atoms with Crippen LogP contribution in [0.25, 0.3) is 11.0 Å². The number of hydrogen-bond donors (Lipinski definition) is 1. The summed E-state index contributed by atoms with van der Waals surface area (Å²) >= 11 is 0. The molecule has 0 aliphatic rings. The molecule has 0 unspecified atom stereocenters. The van der Waals surface area contributed by atoms with Crippen LogP contribution in [0, 0.1) is 0 Å². The lowest BCUT2D eigenvalue weighted by molar-refractivity contribution is 0.0989. The molecule has 20 heavy (non-hydrogen) atoms. The first kappa shape index (κ1) is 12.2. The highest BCUT2D eigenvalue weighted by Gasteiger charge is 2.13. The third-order valence-electron chi connectivity index (χ3n) is 2.87. The molecule has 1 aromatic carbocycles. The molecule has 5 heteroatoms. The van der Waals surface area contributed by atoms with Gasteiger partial charge in [-0.05, 0) is 24.3 Å². The van der Waals surface area contributed by atoms with Crippen LogP contribution in [0.4, 0.5) is 5.82 Å². The number of carbonyl (C=O) groups excluding carboxylic acids is 1. The van der Waals surface area contributed by atoms with Gasteiger partial charge in [0.25, 0.3) is 0 Å². The van der Waals surface area contributed by atoms with Gasteiger partial charge in [0.05, 0.1) is 0 Å². The van der Waals surface area contributed by atoms with E-state index >= 15 is 0 Å². The van der Waals surface area contributed by atoms with E-state index in [1.807, 2.05) is 12.1 Å². The number of furan rings is 1. The molecule has 5 nitrogen and oxygen atoms in total. The topological polar surface area (TPSA) is 78.3 Å². The fraction of sp³-hybridized carbons (Fsp3) is 0.0667. The van der Waals surface area contributed by atoms with Crippen molar-refractivity contribution >= 4 is 22.6 Å². The van der Waals surface area contributed by atoms with Crippen molar-refractivity contribution < 1.29 is 13.9 Å². The van der Waals surface area contributed by atoms with Gasteiger partial charge in [0.15, 0.2) is 34.4 Å². The minimum atomic E-state index is -0.131. The van der Waals surface area contributed by atoms with Gasteiger partial charge < -0.3 is 14.9 Å². The van der Waals surface area contributed by atoms with E-state index in [1.54, 1.807) is 30.5 Å². The summed E-state index contributed by atoms with van der Waals surface area (Å²) in [5.74, 6) is 1.40. The molecule has 0 amide bonds. The normalized spacial score (nSPS) is 10.7. The maximum Gasteiger partial charge on any atom is 0.194 e. The van der Waals surface area contributed by atoms with Crippen LogP contribution in [-0.2, 0) is 0 Å². The quantitative estimate of drug-likeness (QED) is 0.736. The van der Waals surface area contributed by atoms with E-state index in [9.17, 15) is 4.79 Å². The van der Waals surface area contributed by atoms with E-state index in [4.69, 9.17) is 14.9 Å². The molecule has 2 heterocycles. The van der Waals surface area contributed by atoms with E-state index in [0.717, 1.165) is 5.39 Å². The third-order valence-corrected chi connectivity index (χ3v) is 2.87. The average molecular weight is 268 g/mol. The van der Waals surface area contributed by atoms with Gasteiger partial charge in [-0.15, -0.1) is 0 Å². The van der Waals surface area contributed by atoms with Crippen LogP contribution in [0.3, 0.4) is 0 Å². The zero-order chi connectivity index (χ0) is 14.1. The number of hydrogen-bond acceptors (Lipinski definition) is 5. The number of rotatable bonds is 3. The Labute approximate surface area is 115 Å². The molecule has 0 spiro atoms. The molecule has 3 aromatic rings. The summed E-state index contributed by atoms with van der Waals surface area (Å²) < 4.78 is 11.3. The predicted molar refractivity (Wildman–Crippen MR) is 74.9 cm³/mol. The highest BCUT2D eigenvalue weighted by atomic mass is 16.5. The highest BCUT2D eigenvalue weighted by molar-refractivity contribution is 5.97. The summed E-state index contributed by atoms with van der Waals surface area (Å²) in [7, 11) is 0. The summed E-state index contributed by atoms with van der Waals surface area (Å²) in [4.78, 5) is 15.3. The average Bonchev–Trinajstić information content (AvgIpc) is 2.86. The number of nitrogen functional groups attached to an aromatic ring is 1. The van der Waals surface area contributed by atoms with Crippen LogP contribution >= 0.6 is 0 Å². The van der Waals surface area contributed by atoms with Gasteiger partial charge in [0, 0.05) is 18.5 Å². The first-order valence-corrected chi connectivity index (χ1v) is 6.07. The molecule has 0 aliphatic carbocycles. The number of Topliss-reactive ketones (excluding diaryl/α,β-unsaturated/α-hetero) is 1. The van der Waals surface area contributed by atoms with Crippen LogP contribution in [0.15, 0.2) is 47.0 Å². The van der Waals surface area contributed by atoms with E-state index in [1.165, 1.54) is 6.92 Å². The smallest absolute Gasteiger partial charge is 0.194 e. The Morgan fingerprint density at radius 3 is 2.80 bits per heavy atom. The Kier molecular flexibility index (Phi) is 2.87. The summed E-state index contributed by atoms with van der Waals surface area (Å²) in [6.07, 6.45) is 1.59. The Balaban J connectivity index is 2.08. The molecular weight excluding hydrogens is 256 g/mol. The van der Waals surface area contributed by atoms with Crippen LogP contribution < -0.4 is 10.5 Å². The SMILES string of the molecule is CC(=O)c1cc2cccc(Oc3cccnc3N)c2o1. The molecule has 100 valence electrons. The fourth-order valence-corrected chi connectivity index (χ4v) is 1.90. The molecule has 2 N–H and O–H groups in total. The standard InChI is InChI=1S/C15H12N2O3/c1-9(18)13-8-10-4-2-5-11(14(10)20-13)19-12-6-3-7-17-15(12)16/h2-8H,1H3,(H2,16,17). The maximum absolute atomic E-state index is 11.4. The number of aromatic nitrogens is 1. The van der Waals surface area contributed by atoms with Crippen LogP contribution in [-0.4, -0.2) is 10.8 Å². The molecule has 0 aliphatic heterocycles. The Morgan fingerprint density at radius 2 is 2.05 bits per heavy atom. The lowest BCUT2D eigenvalue weighted by Gasteiger charge is -2.07. The number of nitrogens with two attached hydrogens (primary N) is 1. The maximum atomic E-state index is 11.4. The summed E-state index contributed by atoms with van der Waals surface area (Å²) in [5, 5.41) is 0.801. The number of pyridine rings is 1. The Bertz CT molecular complexity index is 793. The van der Waals surface area contributed by atoms with Gasteiger partial charge in [0.2, 0.25) is 0 Å². The first-order valence-electron chi connectivity index (χ1n) is 6.07. The van der Waals surface area contributed by atoms with E-state index < -0.39 is 0 Å². The van der Waals surface area contributed by atoms with Crippen LogP contribution in [0.2, 0.25) is 0 Å². The molecular formula is C15H12N2O3. The fourth-order valence-electron chi connectivity index (χ4n) is 1.90. The largest absolute Gasteiger partial charge is 0.450 e. The first-order chi connectivity index (χ1) is 9.65. The van der Waals surface area contributed by atoms with Crippen molar-refractivity contribution in [1.29, 1.82) is 0 Å². The zero-order valence-electron chi connectivity index (χ0n) is 10.8. The van der Waals surface area contributed by atoms with Gasteiger partial charge in [-0.2, -0.15) is 0 Å². The van der Waals surface area contributed by atoms with Gasteiger partial charge >= 0.3 is 0 Å². The van der Waals surface area contributed by atoms with E-state index in [-0.39, 0.29) is 5.78 Å². The number of ether oxygens (including phenoxy) is 1. The second-order valence-electron chi connectivity index (χ2n) is 4.33. The van der Waals surface area contributed by atoms with E-state index in [0.29, 0.717) is 28.7 Å². The third kappa shape index (κ3) is 2.09. The number of nitrogens with zero attached hydrogens (tertiary/aromatic N) is 1. The minimum Gasteiger partial charge on any atom is -0.450 e. The van der Waals surface area contributed by atoms with Crippen molar-refractivity contribution in [2.75, 3.05) is 5.73 Å². The second kappa shape index (κ2) is 4.70. The molecule has 3 rings (SSSR count).